The van der Waals surface area contributed by atoms with Gasteiger partial charge in [0.05, 0.1) is 7.11 Å². The lowest BCUT2D eigenvalue weighted by Crippen LogP contribution is -2.47. The predicted octanol–water partition coefficient (Wildman–Crippen LogP) is 2.32. The van der Waals surface area contributed by atoms with Crippen molar-refractivity contribution in [2.24, 2.45) is 5.73 Å². The molecule has 0 saturated carbocycles. The van der Waals surface area contributed by atoms with Gasteiger partial charge in [0.15, 0.2) is 0 Å². The highest BCUT2D eigenvalue weighted by Gasteiger charge is 2.26. The predicted molar refractivity (Wildman–Crippen MR) is 74.8 cm³/mol. The largest absolute Gasteiger partial charge is 0.496 e. The molecule has 100 valence electrons. The lowest BCUT2D eigenvalue weighted by Gasteiger charge is -2.36. The number of aryl methyl sites for hydroxylation is 1. The van der Waals surface area contributed by atoms with Crippen molar-refractivity contribution in [3.05, 3.63) is 29.3 Å². The molecule has 3 nitrogen and oxygen atoms in total. The van der Waals surface area contributed by atoms with Crippen LogP contribution in [-0.2, 0) is 6.54 Å². The highest BCUT2D eigenvalue weighted by Crippen LogP contribution is 2.25. The van der Waals surface area contributed by atoms with E-state index in [1.165, 1.54) is 11.1 Å². The van der Waals surface area contributed by atoms with E-state index < -0.39 is 0 Å². The van der Waals surface area contributed by atoms with Crippen molar-refractivity contribution in [2.45, 2.75) is 38.8 Å². The molecule has 0 bridgehead atoms. The van der Waals surface area contributed by atoms with Gasteiger partial charge in [-0.15, -0.1) is 0 Å². The monoisotopic (exact) mass is 248 g/mol. The second-order valence-electron chi connectivity index (χ2n) is 5.75. The van der Waals surface area contributed by atoms with Gasteiger partial charge in [0.1, 0.15) is 5.75 Å². The summed E-state index contributed by atoms with van der Waals surface area (Å²) in [4.78, 5) is 2.46. The molecule has 3 heteroatoms. The van der Waals surface area contributed by atoms with Crippen molar-refractivity contribution in [1.82, 2.24) is 4.90 Å². The molecule has 0 aromatic heterocycles. The molecule has 1 aromatic rings. The first-order chi connectivity index (χ1) is 8.50. The third-order valence-corrected chi connectivity index (χ3v) is 3.83. The van der Waals surface area contributed by atoms with Crippen LogP contribution in [0.4, 0.5) is 0 Å². The van der Waals surface area contributed by atoms with Crippen LogP contribution in [0.1, 0.15) is 30.9 Å². The summed E-state index contributed by atoms with van der Waals surface area (Å²) in [6, 6.07) is 6.37. The number of hydrogen-bond acceptors (Lipinski definition) is 3. The normalized spacial score (nSPS) is 19.8. The molecule has 0 amide bonds. The average Bonchev–Trinajstić information content (AvgIpc) is 2.32. The standard InChI is InChI=1S/C15H24N2O/c1-12-4-5-14(18-3)13(10-12)11-17-8-6-15(2,16)7-9-17/h4-5,10H,6-9,11,16H2,1-3H3. The molecule has 2 N–H and O–H groups in total. The molecule has 18 heavy (non-hydrogen) atoms. The fourth-order valence-corrected chi connectivity index (χ4v) is 2.49. The van der Waals surface area contributed by atoms with Crippen LogP contribution in [0.15, 0.2) is 18.2 Å². The van der Waals surface area contributed by atoms with Gasteiger partial charge in [-0.1, -0.05) is 17.7 Å². The summed E-state index contributed by atoms with van der Waals surface area (Å²) in [5.74, 6) is 0.988. The molecule has 0 aliphatic carbocycles. The first-order valence-electron chi connectivity index (χ1n) is 6.65. The molecule has 0 atom stereocenters. The van der Waals surface area contributed by atoms with Crippen molar-refractivity contribution < 1.29 is 4.74 Å². The maximum atomic E-state index is 6.16. The number of ether oxygens (including phenoxy) is 1. The minimum absolute atomic E-state index is 0.0210. The third kappa shape index (κ3) is 3.24. The van der Waals surface area contributed by atoms with Gasteiger partial charge in [-0.25, -0.2) is 0 Å². The summed E-state index contributed by atoms with van der Waals surface area (Å²) in [6.07, 6.45) is 2.14. The Kier molecular flexibility index (Phi) is 3.93. The summed E-state index contributed by atoms with van der Waals surface area (Å²) in [5.41, 5.74) is 8.74. The molecule has 0 radical (unpaired) electrons. The Labute approximate surface area is 110 Å². The minimum atomic E-state index is 0.0210. The van der Waals surface area contributed by atoms with Gasteiger partial charge >= 0.3 is 0 Å². The van der Waals surface area contributed by atoms with E-state index in [0.717, 1.165) is 38.2 Å². The Morgan fingerprint density at radius 1 is 1.33 bits per heavy atom. The van der Waals surface area contributed by atoms with Crippen LogP contribution in [0.2, 0.25) is 0 Å². The molecule has 1 aromatic carbocycles. The van der Waals surface area contributed by atoms with E-state index in [1.807, 2.05) is 0 Å². The summed E-state index contributed by atoms with van der Waals surface area (Å²) in [7, 11) is 1.74. The maximum Gasteiger partial charge on any atom is 0.123 e. The smallest absolute Gasteiger partial charge is 0.123 e. The summed E-state index contributed by atoms with van der Waals surface area (Å²) >= 11 is 0. The fourth-order valence-electron chi connectivity index (χ4n) is 2.49. The van der Waals surface area contributed by atoms with Crippen LogP contribution >= 0.6 is 0 Å². The van der Waals surface area contributed by atoms with Crippen molar-refractivity contribution in [1.29, 1.82) is 0 Å². The second kappa shape index (κ2) is 5.29. The average molecular weight is 248 g/mol. The van der Waals surface area contributed by atoms with Crippen molar-refractivity contribution in [2.75, 3.05) is 20.2 Å². The van der Waals surface area contributed by atoms with Crippen molar-refractivity contribution in [3.8, 4) is 5.75 Å². The van der Waals surface area contributed by atoms with E-state index in [9.17, 15) is 0 Å². The van der Waals surface area contributed by atoms with E-state index in [2.05, 4.69) is 36.9 Å². The molecule has 1 heterocycles. The van der Waals surface area contributed by atoms with Gasteiger partial charge in [0.2, 0.25) is 0 Å². The molecule has 0 spiro atoms. The van der Waals surface area contributed by atoms with Gasteiger partial charge in [0, 0.05) is 30.7 Å². The first-order valence-corrected chi connectivity index (χ1v) is 6.65. The highest BCUT2D eigenvalue weighted by atomic mass is 16.5. The zero-order valence-electron chi connectivity index (χ0n) is 11.7. The highest BCUT2D eigenvalue weighted by molar-refractivity contribution is 5.36. The number of nitrogens with two attached hydrogens (primary N) is 1. The molecular weight excluding hydrogens is 224 g/mol. The first kappa shape index (κ1) is 13.4. The molecule has 1 aliphatic heterocycles. The molecule has 2 rings (SSSR count). The molecular formula is C15H24N2O. The number of benzene rings is 1. The Hall–Kier alpha value is -1.06. The van der Waals surface area contributed by atoms with Crippen LogP contribution in [-0.4, -0.2) is 30.6 Å². The van der Waals surface area contributed by atoms with Crippen molar-refractivity contribution >= 4 is 0 Å². The number of rotatable bonds is 3. The van der Waals surface area contributed by atoms with Gasteiger partial charge in [0.25, 0.3) is 0 Å². The topological polar surface area (TPSA) is 38.5 Å². The van der Waals surface area contributed by atoms with Crippen LogP contribution in [0, 0.1) is 6.92 Å². The number of hydrogen-bond donors (Lipinski definition) is 1. The quantitative estimate of drug-likeness (QED) is 0.892. The number of likely N-dealkylation sites (tertiary alicyclic amines) is 1. The lowest BCUT2D eigenvalue weighted by atomic mass is 9.91. The summed E-state index contributed by atoms with van der Waals surface area (Å²) in [6.45, 7) is 7.38. The van der Waals surface area contributed by atoms with E-state index in [-0.39, 0.29) is 5.54 Å². The molecule has 0 unspecified atom stereocenters. The van der Waals surface area contributed by atoms with E-state index in [4.69, 9.17) is 10.5 Å². The SMILES string of the molecule is COc1ccc(C)cc1CN1CCC(C)(N)CC1. The van der Waals surface area contributed by atoms with Gasteiger partial charge in [-0.2, -0.15) is 0 Å². The number of piperidine rings is 1. The number of nitrogens with zero attached hydrogens (tertiary/aromatic N) is 1. The van der Waals surface area contributed by atoms with Crippen LogP contribution in [0.25, 0.3) is 0 Å². The Balaban J connectivity index is 2.04. The third-order valence-electron chi connectivity index (χ3n) is 3.83. The second-order valence-corrected chi connectivity index (χ2v) is 5.75. The molecule has 1 saturated heterocycles. The van der Waals surface area contributed by atoms with Gasteiger partial charge < -0.3 is 10.5 Å². The van der Waals surface area contributed by atoms with E-state index >= 15 is 0 Å². The van der Waals surface area contributed by atoms with E-state index in [0.29, 0.717) is 0 Å². The van der Waals surface area contributed by atoms with Crippen LogP contribution in [0.5, 0.6) is 5.75 Å². The summed E-state index contributed by atoms with van der Waals surface area (Å²) in [5, 5.41) is 0. The van der Waals surface area contributed by atoms with Gasteiger partial charge in [-0.05, 0) is 32.8 Å². The Bertz CT molecular complexity index is 405. The number of methoxy groups -OCH3 is 1. The van der Waals surface area contributed by atoms with Crippen LogP contribution < -0.4 is 10.5 Å². The zero-order chi connectivity index (χ0) is 13.2. The zero-order valence-corrected chi connectivity index (χ0v) is 11.7. The van der Waals surface area contributed by atoms with Gasteiger partial charge in [-0.3, -0.25) is 4.90 Å². The molecule has 1 fully saturated rings. The maximum absolute atomic E-state index is 6.16. The van der Waals surface area contributed by atoms with Crippen LogP contribution in [0.3, 0.4) is 0 Å². The van der Waals surface area contributed by atoms with E-state index in [1.54, 1.807) is 7.11 Å². The fraction of sp³-hybridized carbons (Fsp3) is 0.600. The lowest BCUT2D eigenvalue weighted by molar-refractivity contribution is 0.164. The Morgan fingerprint density at radius 2 is 2.00 bits per heavy atom. The Morgan fingerprint density at radius 3 is 2.61 bits per heavy atom. The molecule has 1 aliphatic rings. The minimum Gasteiger partial charge on any atom is -0.496 e. The summed E-state index contributed by atoms with van der Waals surface area (Å²) < 4.78 is 5.43. The van der Waals surface area contributed by atoms with Crippen molar-refractivity contribution in [3.63, 3.8) is 0 Å².